The van der Waals surface area contributed by atoms with Crippen molar-refractivity contribution in [2.24, 2.45) is 0 Å². The van der Waals surface area contributed by atoms with Gasteiger partial charge in [0.25, 0.3) is 0 Å². The lowest BCUT2D eigenvalue weighted by molar-refractivity contribution is -0.379. The Balaban J connectivity index is 1.23. The zero-order chi connectivity index (χ0) is 69.6. The third-order valence-electron chi connectivity index (χ3n) is 20.3. The summed E-state index contributed by atoms with van der Waals surface area (Å²) in [7, 11) is 0. The van der Waals surface area contributed by atoms with E-state index in [1.807, 2.05) is 6.08 Å². The molecule has 0 saturated carbocycles. The van der Waals surface area contributed by atoms with Gasteiger partial charge in [0.15, 0.2) is 18.9 Å². The normalized spacial score (nSPS) is 27.0. The molecule has 19 heteroatoms. The standard InChI is InChI=1S/C77H147NO18/c1-3-5-7-9-11-13-15-16-17-18-19-20-21-22-23-24-25-26-27-28-29-30-31-32-33-34-35-36-37-38-39-40-41-42-43-44-45-47-49-51-53-55-65(83)78-60(61(82)54-52-50-48-46-14-12-10-8-6-4-2)59-91-75-71(89)68(86)73(63(57-80)93-75)96-77-72(90)69(87)74(64(58-81)94-77)95-76-70(88)67(85)66(84)62(56-79)92-76/h52,54,60-64,66-77,79-82,84-90H,3-51,53,55-59H2,1-2H3,(H,78,83)/b54-52+. The summed E-state index contributed by atoms with van der Waals surface area (Å²) in [6.45, 7) is 1.74. The molecule has 568 valence electrons. The predicted octanol–water partition coefficient (Wildman–Crippen LogP) is 12.8. The van der Waals surface area contributed by atoms with Crippen molar-refractivity contribution in [3.63, 3.8) is 0 Å². The largest absolute Gasteiger partial charge is 0.394 e. The fraction of sp³-hybridized carbons (Fsp3) is 0.961. The summed E-state index contributed by atoms with van der Waals surface area (Å²) in [5.74, 6) is -0.270. The van der Waals surface area contributed by atoms with Crippen LogP contribution in [0.2, 0.25) is 0 Å². The molecule has 0 spiro atoms. The van der Waals surface area contributed by atoms with Gasteiger partial charge < -0.3 is 89.9 Å². The number of hydrogen-bond acceptors (Lipinski definition) is 18. The van der Waals surface area contributed by atoms with Crippen LogP contribution in [0.5, 0.6) is 0 Å². The van der Waals surface area contributed by atoms with Crippen molar-refractivity contribution in [1.82, 2.24) is 5.32 Å². The molecular weight excluding hydrogens is 1230 g/mol. The molecule has 96 heavy (non-hydrogen) atoms. The summed E-state index contributed by atoms with van der Waals surface area (Å²) < 4.78 is 34.3. The molecule has 3 rings (SSSR count). The SMILES string of the molecule is CCCCCCCCCC/C=C/C(O)C(COC1OC(CO)C(OC2OC(CO)C(OC3OC(CO)C(O)C(O)C3O)C(O)C2O)C(O)C1O)NC(=O)CCCCCCCCCCCCCCCCCCCCCCCCCCCCCCCCCCCCCCCCCCC. The van der Waals surface area contributed by atoms with Crippen LogP contribution in [0.1, 0.15) is 341 Å². The van der Waals surface area contributed by atoms with Crippen LogP contribution < -0.4 is 5.32 Å². The zero-order valence-electron chi connectivity index (χ0n) is 60.6. The molecule has 3 aliphatic rings. The van der Waals surface area contributed by atoms with E-state index in [1.54, 1.807) is 6.08 Å². The molecule has 19 nitrogen and oxygen atoms in total. The van der Waals surface area contributed by atoms with Gasteiger partial charge in [0, 0.05) is 6.42 Å². The average Bonchev–Trinajstić information content (AvgIpc) is 0.802. The van der Waals surface area contributed by atoms with E-state index in [-0.39, 0.29) is 18.9 Å². The Morgan fingerprint density at radius 1 is 0.365 bits per heavy atom. The minimum absolute atomic E-state index is 0.249. The number of aliphatic hydroxyl groups is 11. The van der Waals surface area contributed by atoms with Gasteiger partial charge in [-0.1, -0.05) is 328 Å². The van der Waals surface area contributed by atoms with Crippen LogP contribution in [0, 0.1) is 0 Å². The van der Waals surface area contributed by atoms with Gasteiger partial charge in [0.05, 0.1) is 38.6 Å². The van der Waals surface area contributed by atoms with Crippen molar-refractivity contribution in [2.75, 3.05) is 26.4 Å². The van der Waals surface area contributed by atoms with Crippen molar-refractivity contribution in [1.29, 1.82) is 0 Å². The predicted molar refractivity (Wildman–Crippen MR) is 379 cm³/mol. The molecule has 1 amide bonds. The first-order chi connectivity index (χ1) is 46.8. The van der Waals surface area contributed by atoms with E-state index in [0.717, 1.165) is 44.9 Å². The molecule has 12 N–H and O–H groups in total. The summed E-state index contributed by atoms with van der Waals surface area (Å²) in [4.78, 5) is 13.4. The number of unbranched alkanes of at least 4 members (excludes halogenated alkanes) is 48. The quantitative estimate of drug-likeness (QED) is 0.0199. The highest BCUT2D eigenvalue weighted by Gasteiger charge is 2.54. The van der Waals surface area contributed by atoms with Crippen LogP contribution >= 0.6 is 0 Å². The smallest absolute Gasteiger partial charge is 0.220 e. The van der Waals surface area contributed by atoms with Crippen molar-refractivity contribution in [3.05, 3.63) is 12.2 Å². The molecule has 0 aromatic carbocycles. The summed E-state index contributed by atoms with van der Waals surface area (Å²) in [5, 5.41) is 120. The fourth-order valence-corrected chi connectivity index (χ4v) is 13.9. The van der Waals surface area contributed by atoms with Crippen LogP contribution in [0.15, 0.2) is 12.2 Å². The molecule has 3 aliphatic heterocycles. The lowest BCUT2D eigenvalue weighted by Crippen LogP contribution is -2.66. The molecule has 0 aliphatic carbocycles. The van der Waals surface area contributed by atoms with E-state index in [9.17, 15) is 61.0 Å². The molecule has 0 radical (unpaired) electrons. The number of amides is 1. The second-order valence-corrected chi connectivity index (χ2v) is 28.9. The summed E-state index contributed by atoms with van der Waals surface area (Å²) in [6, 6.07) is -0.967. The van der Waals surface area contributed by atoms with Crippen molar-refractivity contribution < 1.29 is 89.4 Å². The summed E-state index contributed by atoms with van der Waals surface area (Å²) >= 11 is 0. The van der Waals surface area contributed by atoms with Gasteiger partial charge in [0.1, 0.15) is 73.2 Å². The molecule has 0 bridgehead atoms. The maximum Gasteiger partial charge on any atom is 0.220 e. The Bertz CT molecular complexity index is 1790. The zero-order valence-corrected chi connectivity index (χ0v) is 60.6. The Morgan fingerprint density at radius 3 is 0.979 bits per heavy atom. The Kier molecular flexibility index (Phi) is 54.5. The molecule has 0 aromatic rings. The highest BCUT2D eigenvalue weighted by Crippen LogP contribution is 2.33. The second-order valence-electron chi connectivity index (χ2n) is 28.9. The number of carbonyl (C=O) groups excluding carboxylic acids is 1. The Hall–Kier alpha value is -1.47. The number of nitrogens with one attached hydrogen (secondary N) is 1. The molecule has 3 heterocycles. The molecule has 17 unspecified atom stereocenters. The Labute approximate surface area is 582 Å². The fourth-order valence-electron chi connectivity index (χ4n) is 13.9. The minimum Gasteiger partial charge on any atom is -0.394 e. The minimum atomic E-state index is -1.98. The van der Waals surface area contributed by atoms with E-state index in [2.05, 4.69) is 19.2 Å². The third kappa shape index (κ3) is 39.3. The topological polar surface area (TPSA) is 307 Å². The van der Waals surface area contributed by atoms with Crippen LogP contribution in [-0.4, -0.2) is 193 Å². The van der Waals surface area contributed by atoms with Crippen LogP contribution in [0.25, 0.3) is 0 Å². The number of carbonyl (C=O) groups is 1. The van der Waals surface area contributed by atoms with E-state index < -0.39 is 124 Å². The highest BCUT2D eigenvalue weighted by atomic mass is 16.8. The van der Waals surface area contributed by atoms with Gasteiger partial charge >= 0.3 is 0 Å². The van der Waals surface area contributed by atoms with Gasteiger partial charge in [0.2, 0.25) is 5.91 Å². The molecule has 3 fully saturated rings. The lowest BCUT2D eigenvalue weighted by atomic mass is 9.96. The van der Waals surface area contributed by atoms with Crippen molar-refractivity contribution in [3.8, 4) is 0 Å². The first-order valence-electron chi connectivity index (χ1n) is 39.9. The molecule has 3 saturated heterocycles. The van der Waals surface area contributed by atoms with Gasteiger partial charge in [-0.25, -0.2) is 0 Å². The Morgan fingerprint density at radius 2 is 0.646 bits per heavy atom. The number of allylic oxidation sites excluding steroid dienone is 1. The highest BCUT2D eigenvalue weighted by molar-refractivity contribution is 5.76. The van der Waals surface area contributed by atoms with Gasteiger partial charge in [-0.05, 0) is 19.3 Å². The molecule has 17 atom stereocenters. The maximum absolute atomic E-state index is 13.4. The van der Waals surface area contributed by atoms with Crippen LogP contribution in [-0.2, 0) is 33.2 Å². The van der Waals surface area contributed by atoms with E-state index >= 15 is 0 Å². The van der Waals surface area contributed by atoms with Gasteiger partial charge in [-0.3, -0.25) is 4.79 Å². The number of hydrogen-bond donors (Lipinski definition) is 12. The first kappa shape index (κ1) is 88.7. The van der Waals surface area contributed by atoms with E-state index in [0.29, 0.717) is 6.42 Å². The first-order valence-corrected chi connectivity index (χ1v) is 39.9. The molecule has 0 aromatic heterocycles. The average molecular weight is 1380 g/mol. The number of ether oxygens (including phenoxy) is 6. The van der Waals surface area contributed by atoms with Gasteiger partial charge in [-0.15, -0.1) is 0 Å². The van der Waals surface area contributed by atoms with Crippen molar-refractivity contribution >= 4 is 5.91 Å². The molecular formula is C77H147NO18. The lowest BCUT2D eigenvalue weighted by Gasteiger charge is -2.48. The van der Waals surface area contributed by atoms with Crippen LogP contribution in [0.4, 0.5) is 0 Å². The monoisotopic (exact) mass is 1370 g/mol. The summed E-state index contributed by atoms with van der Waals surface area (Å²) in [5.41, 5.74) is 0. The van der Waals surface area contributed by atoms with Crippen molar-refractivity contribution in [2.45, 2.75) is 446 Å². The van der Waals surface area contributed by atoms with E-state index in [1.165, 1.54) is 270 Å². The number of rotatable bonds is 64. The van der Waals surface area contributed by atoms with E-state index in [4.69, 9.17) is 28.4 Å². The second kappa shape index (κ2) is 59.0. The maximum atomic E-state index is 13.4. The number of aliphatic hydroxyl groups excluding tert-OH is 11. The van der Waals surface area contributed by atoms with Gasteiger partial charge in [-0.2, -0.15) is 0 Å². The third-order valence-corrected chi connectivity index (χ3v) is 20.3. The summed E-state index contributed by atoms with van der Waals surface area (Å²) in [6.07, 6.45) is 42.8. The van der Waals surface area contributed by atoms with Crippen LogP contribution in [0.3, 0.4) is 0 Å².